The molecule has 0 aliphatic heterocycles. The number of allylic oxidation sites excluding steroid dienone is 2. The molecule has 0 aromatic carbocycles. The molecule has 0 saturated carbocycles. The molecule has 0 aromatic heterocycles. The summed E-state index contributed by atoms with van der Waals surface area (Å²) in [5.41, 5.74) is 4.62. The van der Waals surface area contributed by atoms with Crippen LogP contribution in [-0.2, 0) is 95.3 Å². The van der Waals surface area contributed by atoms with Crippen molar-refractivity contribution < 1.29 is 95.3 Å². The largest absolute Gasteiger partial charge is 0.466 e. The van der Waals surface area contributed by atoms with Gasteiger partial charge in [-0.25, -0.2) is 47.9 Å². The van der Waals surface area contributed by atoms with Crippen molar-refractivity contribution in [2.45, 2.75) is 188 Å². The average Bonchev–Trinajstić information content (AvgIpc) is 3.41. The molecule has 0 amide bonds. The third-order valence-corrected chi connectivity index (χ3v) is 7.42. The van der Waals surface area contributed by atoms with Crippen LogP contribution in [0.4, 0.5) is 0 Å². The van der Waals surface area contributed by atoms with Crippen molar-refractivity contribution in [3.8, 4) is 0 Å². The number of methoxy groups -OCH3 is 5. The Morgan fingerprint density at radius 1 is 0.326 bits per heavy atom. The third-order valence-electron chi connectivity index (χ3n) is 7.42. The second-order valence-electron chi connectivity index (χ2n) is 16.7. The van der Waals surface area contributed by atoms with Crippen LogP contribution < -0.4 is 0 Å². The SMILES string of the molecule is C.C.C.C.C.C.C=C(C(=O)OC)C(C)C.C=C(C)C(=O)OC.C=C(C)C(=O)OC.C=C(C)C(=O)OC.C=C(C)C(=O)OC(C)C.C=C(C)C(=O)OCC.C=C(C)C(=O)OCC.C=C(C)C(=O)OCC.C=C(C)C(=O)OCC.C=C(CC/C=C/CC)C(=O)OC. The van der Waals surface area contributed by atoms with E-state index in [1.54, 1.807) is 96.9 Å². The maximum absolute atomic E-state index is 10.8. The summed E-state index contributed by atoms with van der Waals surface area (Å²) in [4.78, 5) is 104. The fourth-order valence-corrected chi connectivity index (χ4v) is 3.01. The number of esters is 10. The molecule has 0 unspecified atom stereocenters. The summed E-state index contributed by atoms with van der Waals surface area (Å²) in [5.74, 6) is -3.05. The first kappa shape index (κ1) is 123. The van der Waals surface area contributed by atoms with Gasteiger partial charge in [-0.3, -0.25) is 0 Å². The summed E-state index contributed by atoms with van der Waals surface area (Å²) in [7, 11) is 6.72. The third kappa shape index (κ3) is 105. The van der Waals surface area contributed by atoms with Crippen LogP contribution in [0.1, 0.15) is 182 Å². The Labute approximate surface area is 542 Å². The molecule has 0 radical (unpaired) electrons. The molecule has 524 valence electrons. The van der Waals surface area contributed by atoms with Crippen molar-refractivity contribution >= 4 is 59.7 Å². The van der Waals surface area contributed by atoms with Gasteiger partial charge in [-0.15, -0.1) is 0 Å². The van der Waals surface area contributed by atoms with Crippen molar-refractivity contribution in [2.24, 2.45) is 5.92 Å². The number of ether oxygens (including phenoxy) is 10. The van der Waals surface area contributed by atoms with E-state index in [0.29, 0.717) is 88.6 Å². The van der Waals surface area contributed by atoms with Crippen LogP contribution in [0.15, 0.2) is 134 Å². The van der Waals surface area contributed by atoms with Crippen molar-refractivity contribution in [1.29, 1.82) is 0 Å². The molecule has 0 atom stereocenters. The van der Waals surface area contributed by atoms with E-state index >= 15 is 0 Å². The van der Waals surface area contributed by atoms with E-state index in [1.807, 2.05) is 19.9 Å². The smallest absolute Gasteiger partial charge is 0.333 e. The van der Waals surface area contributed by atoms with Gasteiger partial charge in [0.1, 0.15) is 0 Å². The first-order chi connectivity index (χ1) is 38.1. The van der Waals surface area contributed by atoms with Crippen LogP contribution in [0.2, 0.25) is 0 Å². The summed E-state index contributed by atoms with van der Waals surface area (Å²) >= 11 is 0. The van der Waals surface area contributed by atoms with E-state index in [9.17, 15) is 47.9 Å². The van der Waals surface area contributed by atoms with Gasteiger partial charge in [0.05, 0.1) is 68.1 Å². The van der Waals surface area contributed by atoms with Crippen LogP contribution in [0, 0.1) is 5.92 Å². The second kappa shape index (κ2) is 84.1. The minimum Gasteiger partial charge on any atom is -0.466 e. The molecule has 0 rings (SSSR count). The highest BCUT2D eigenvalue weighted by molar-refractivity contribution is 5.90. The summed E-state index contributed by atoms with van der Waals surface area (Å²) in [6.45, 7) is 65.4. The van der Waals surface area contributed by atoms with E-state index < -0.39 is 0 Å². The Morgan fingerprint density at radius 3 is 0.640 bits per heavy atom. The number of rotatable bonds is 20. The van der Waals surface area contributed by atoms with Crippen LogP contribution >= 0.6 is 0 Å². The molecule has 0 fully saturated rings. The van der Waals surface area contributed by atoms with E-state index in [0.717, 1.165) is 12.8 Å². The molecule has 20 nitrogen and oxygen atoms in total. The lowest BCUT2D eigenvalue weighted by Gasteiger charge is -2.05. The summed E-state index contributed by atoms with van der Waals surface area (Å²) < 4.78 is 44.8. The molecule has 0 aliphatic carbocycles. The van der Waals surface area contributed by atoms with E-state index in [2.05, 4.69) is 121 Å². The van der Waals surface area contributed by atoms with Gasteiger partial charge in [-0.2, -0.15) is 0 Å². The number of carbonyl (C=O) groups is 10. The Bertz CT molecular complexity index is 1940. The molecule has 0 heterocycles. The van der Waals surface area contributed by atoms with Gasteiger partial charge in [-0.05, 0) is 122 Å². The van der Waals surface area contributed by atoms with E-state index in [-0.39, 0.29) is 116 Å². The van der Waals surface area contributed by atoms with Crippen LogP contribution in [-0.4, -0.2) is 128 Å². The summed E-state index contributed by atoms with van der Waals surface area (Å²) in [5, 5.41) is 0. The minimum absolute atomic E-state index is 0. The fraction of sp³-hybridized carbons (Fsp3) is 0.536. The van der Waals surface area contributed by atoms with E-state index in [4.69, 9.17) is 4.74 Å². The first-order valence-electron chi connectivity index (χ1n) is 25.7. The second-order valence-corrected chi connectivity index (χ2v) is 16.7. The highest BCUT2D eigenvalue weighted by atomic mass is 16.6. The monoisotopic (exact) mass is 1280 g/mol. The zero-order chi connectivity index (χ0) is 68.1. The van der Waals surface area contributed by atoms with Gasteiger partial charge >= 0.3 is 59.7 Å². The Morgan fingerprint density at radius 2 is 0.539 bits per heavy atom. The molecular weight excluding hydrogens is 1150 g/mol. The lowest BCUT2D eigenvalue weighted by atomic mass is 10.1. The van der Waals surface area contributed by atoms with Crippen molar-refractivity contribution in [2.75, 3.05) is 62.0 Å². The van der Waals surface area contributed by atoms with Crippen molar-refractivity contribution in [3.05, 3.63) is 134 Å². The predicted octanol–water partition coefficient (Wildman–Crippen LogP) is 15.9. The van der Waals surface area contributed by atoms with Gasteiger partial charge in [0.15, 0.2) is 0 Å². The van der Waals surface area contributed by atoms with Crippen molar-refractivity contribution in [1.82, 2.24) is 0 Å². The van der Waals surface area contributed by atoms with Crippen LogP contribution in [0.3, 0.4) is 0 Å². The maximum atomic E-state index is 10.8. The molecule has 0 saturated heterocycles. The number of carbonyl (C=O) groups excluding carboxylic acids is 10. The van der Waals surface area contributed by atoms with Crippen LogP contribution in [0.25, 0.3) is 0 Å². The Hall–Kier alpha value is -8.16. The minimum atomic E-state index is -0.347. The van der Waals surface area contributed by atoms with E-state index in [1.165, 1.54) is 35.5 Å². The summed E-state index contributed by atoms with van der Waals surface area (Å²) in [6.07, 6.45) is 6.66. The lowest BCUT2D eigenvalue weighted by Crippen LogP contribution is -2.11. The molecule has 0 aliphatic rings. The van der Waals surface area contributed by atoms with Gasteiger partial charge in [0.2, 0.25) is 0 Å². The van der Waals surface area contributed by atoms with Crippen LogP contribution in [0.5, 0.6) is 0 Å². The van der Waals surface area contributed by atoms with Gasteiger partial charge in [0.25, 0.3) is 0 Å². The molecule has 0 spiro atoms. The fourth-order valence-electron chi connectivity index (χ4n) is 3.01. The Kier molecular flexibility index (Phi) is 116. The lowest BCUT2D eigenvalue weighted by molar-refractivity contribution is -0.143. The first-order valence-corrected chi connectivity index (χ1v) is 25.7. The van der Waals surface area contributed by atoms with Gasteiger partial charge in [-0.1, -0.05) is 143 Å². The predicted molar refractivity (Wildman–Crippen MR) is 369 cm³/mol. The molecular formula is C69H128O20. The zero-order valence-electron chi connectivity index (χ0n) is 54.5. The molecule has 0 N–H and O–H groups in total. The standard InChI is InChI=1S/C10H16O2.2C7H12O2.4C6H10O2.3C5H8O2.6CH4/c1-4-5-6-7-8-9(2)10(11)12-3;1-5(2)6(3)7(8)9-4;1-5(2)7(8)9-6(3)4;4*1-4-8-6(7)5(2)3;3*1-4(2)5(6)7-3;;;;;;/h5-6H,2,4,7-8H2,1,3H3;5H,3H2,1-2,4H3;6H,1H2,2-4H3;4*2,4H2,1,3H3;3*1H2,2-3H3;6*1H4/b6-5+;;;;;;;;;;;;;;;. The van der Waals surface area contributed by atoms with Crippen molar-refractivity contribution in [3.63, 3.8) is 0 Å². The molecule has 89 heavy (non-hydrogen) atoms. The van der Waals surface area contributed by atoms with Gasteiger partial charge < -0.3 is 47.4 Å². The molecule has 0 bridgehead atoms. The molecule has 20 heteroatoms. The zero-order valence-corrected chi connectivity index (χ0v) is 54.5. The normalized spacial score (nSPS) is 8.04. The number of hydrogen-bond acceptors (Lipinski definition) is 20. The average molecular weight is 1280 g/mol. The summed E-state index contributed by atoms with van der Waals surface area (Å²) in [6, 6.07) is 0. The highest BCUT2D eigenvalue weighted by Crippen LogP contribution is 2.07. The topological polar surface area (TPSA) is 263 Å². The quantitative estimate of drug-likeness (QED) is 0.0474. The maximum Gasteiger partial charge on any atom is 0.333 e. The highest BCUT2D eigenvalue weighted by Gasteiger charge is 2.09. The molecule has 0 aromatic rings. The van der Waals surface area contributed by atoms with Gasteiger partial charge in [0, 0.05) is 55.7 Å². The Balaban J connectivity index is -0.0000000473. The number of hydrogen-bond donors (Lipinski definition) is 0.